The van der Waals surface area contributed by atoms with E-state index in [1.54, 1.807) is 0 Å². The number of carboxylic acids is 1. The summed E-state index contributed by atoms with van der Waals surface area (Å²) < 4.78 is 0. The van der Waals surface area contributed by atoms with Crippen molar-refractivity contribution in [1.29, 1.82) is 0 Å². The fourth-order valence-corrected chi connectivity index (χ4v) is 0.859. The van der Waals surface area contributed by atoms with Gasteiger partial charge in [0.05, 0.1) is 5.71 Å². The van der Waals surface area contributed by atoms with Gasteiger partial charge in [0.25, 0.3) is 0 Å². The molecule has 0 saturated carbocycles. The standard InChI is InChI=1S/C10H19NO3/c1-7(2)6-8(3)11-14-10(4,5)9(12)13/h7H,6H2,1-5H3,(H,12,13)/b11-8+. The second-order valence-corrected chi connectivity index (χ2v) is 4.33. The lowest BCUT2D eigenvalue weighted by molar-refractivity contribution is -0.161. The molecule has 0 fully saturated rings. The SMILES string of the molecule is C/C(CC(C)C)=N\OC(C)(C)C(=O)O. The summed E-state index contributed by atoms with van der Waals surface area (Å²) >= 11 is 0. The number of oxime groups is 1. The van der Waals surface area contributed by atoms with Gasteiger partial charge in [0.2, 0.25) is 5.60 Å². The van der Waals surface area contributed by atoms with Crippen molar-refractivity contribution in [3.63, 3.8) is 0 Å². The van der Waals surface area contributed by atoms with E-state index in [1.165, 1.54) is 13.8 Å². The molecule has 82 valence electrons. The van der Waals surface area contributed by atoms with Crippen molar-refractivity contribution in [3.05, 3.63) is 0 Å². The molecule has 0 unspecified atom stereocenters. The molecule has 0 aliphatic heterocycles. The van der Waals surface area contributed by atoms with Crippen LogP contribution in [0.25, 0.3) is 0 Å². The first-order chi connectivity index (χ1) is 6.25. The molecule has 0 saturated heterocycles. The predicted molar refractivity (Wildman–Crippen MR) is 55.4 cm³/mol. The van der Waals surface area contributed by atoms with Gasteiger partial charge in [-0.25, -0.2) is 4.79 Å². The van der Waals surface area contributed by atoms with Crippen LogP contribution in [0, 0.1) is 5.92 Å². The second kappa shape index (κ2) is 4.98. The van der Waals surface area contributed by atoms with E-state index in [1.807, 2.05) is 6.92 Å². The highest BCUT2D eigenvalue weighted by Crippen LogP contribution is 2.11. The van der Waals surface area contributed by atoms with Crippen LogP contribution in [0.5, 0.6) is 0 Å². The topological polar surface area (TPSA) is 58.9 Å². The lowest BCUT2D eigenvalue weighted by Crippen LogP contribution is -2.33. The van der Waals surface area contributed by atoms with E-state index < -0.39 is 11.6 Å². The van der Waals surface area contributed by atoms with Gasteiger partial charge < -0.3 is 9.94 Å². The molecule has 0 amide bonds. The first kappa shape index (κ1) is 12.9. The van der Waals surface area contributed by atoms with E-state index in [0.29, 0.717) is 5.92 Å². The minimum Gasteiger partial charge on any atom is -0.478 e. The molecule has 0 radical (unpaired) electrons. The third-order valence-corrected chi connectivity index (χ3v) is 1.65. The number of rotatable bonds is 5. The van der Waals surface area contributed by atoms with Gasteiger partial charge in [-0.1, -0.05) is 19.0 Å². The Kier molecular flexibility index (Phi) is 4.60. The van der Waals surface area contributed by atoms with Crippen LogP contribution in [0.4, 0.5) is 0 Å². The fraction of sp³-hybridized carbons (Fsp3) is 0.800. The molecule has 0 bridgehead atoms. The van der Waals surface area contributed by atoms with Crippen LogP contribution in [-0.4, -0.2) is 22.4 Å². The van der Waals surface area contributed by atoms with Crippen LogP contribution in [0.3, 0.4) is 0 Å². The summed E-state index contributed by atoms with van der Waals surface area (Å²) in [5.74, 6) is -0.520. The molecule has 4 heteroatoms. The Morgan fingerprint density at radius 3 is 2.36 bits per heavy atom. The van der Waals surface area contributed by atoms with Gasteiger partial charge >= 0.3 is 5.97 Å². The minimum atomic E-state index is -1.25. The molecule has 0 aliphatic rings. The van der Waals surface area contributed by atoms with Crippen molar-refractivity contribution in [2.45, 2.75) is 46.6 Å². The van der Waals surface area contributed by atoms with Crippen LogP contribution in [0.2, 0.25) is 0 Å². The Balaban J connectivity index is 4.21. The molecule has 0 heterocycles. The van der Waals surface area contributed by atoms with Crippen molar-refractivity contribution in [2.24, 2.45) is 11.1 Å². The van der Waals surface area contributed by atoms with Gasteiger partial charge in [-0.05, 0) is 33.1 Å². The van der Waals surface area contributed by atoms with E-state index in [9.17, 15) is 4.79 Å². The minimum absolute atomic E-state index is 0.496. The smallest absolute Gasteiger partial charge is 0.350 e. The Labute approximate surface area is 84.9 Å². The molecule has 4 nitrogen and oxygen atoms in total. The zero-order valence-electron chi connectivity index (χ0n) is 9.50. The zero-order valence-corrected chi connectivity index (χ0v) is 9.50. The van der Waals surface area contributed by atoms with Gasteiger partial charge in [0.1, 0.15) is 0 Å². The molecule has 0 aromatic rings. The average Bonchev–Trinajstić information content (AvgIpc) is 1.99. The molecule has 1 N–H and O–H groups in total. The highest BCUT2D eigenvalue weighted by Gasteiger charge is 2.29. The van der Waals surface area contributed by atoms with E-state index in [4.69, 9.17) is 9.94 Å². The first-order valence-corrected chi connectivity index (χ1v) is 4.70. The van der Waals surface area contributed by atoms with E-state index >= 15 is 0 Å². The number of hydrogen-bond donors (Lipinski definition) is 1. The second-order valence-electron chi connectivity index (χ2n) is 4.33. The highest BCUT2D eigenvalue weighted by molar-refractivity contribution is 5.82. The molecule has 0 aliphatic carbocycles. The van der Waals surface area contributed by atoms with Crippen LogP contribution < -0.4 is 0 Å². The zero-order chi connectivity index (χ0) is 11.4. The molecule has 0 rings (SSSR count). The van der Waals surface area contributed by atoms with Crippen molar-refractivity contribution < 1.29 is 14.7 Å². The molecule has 14 heavy (non-hydrogen) atoms. The largest absolute Gasteiger partial charge is 0.478 e. The maximum absolute atomic E-state index is 10.7. The Morgan fingerprint density at radius 2 is 2.00 bits per heavy atom. The molecular weight excluding hydrogens is 182 g/mol. The number of nitrogens with zero attached hydrogens (tertiary/aromatic N) is 1. The molecule has 0 aromatic heterocycles. The highest BCUT2D eigenvalue weighted by atomic mass is 16.7. The molecule has 0 atom stereocenters. The number of carboxylic acid groups (broad SMARTS) is 1. The first-order valence-electron chi connectivity index (χ1n) is 4.70. The van der Waals surface area contributed by atoms with E-state index in [0.717, 1.165) is 12.1 Å². The summed E-state index contributed by atoms with van der Waals surface area (Å²) in [6, 6.07) is 0. The van der Waals surface area contributed by atoms with Crippen LogP contribution in [-0.2, 0) is 9.63 Å². The lowest BCUT2D eigenvalue weighted by Gasteiger charge is -2.17. The monoisotopic (exact) mass is 201 g/mol. The number of hydrogen-bond acceptors (Lipinski definition) is 3. The maximum atomic E-state index is 10.7. The summed E-state index contributed by atoms with van der Waals surface area (Å²) in [6.45, 7) is 8.92. The Bertz CT molecular complexity index is 232. The van der Waals surface area contributed by atoms with Crippen molar-refractivity contribution >= 4 is 11.7 Å². The number of carbonyl (C=O) groups is 1. The quantitative estimate of drug-likeness (QED) is 0.548. The summed E-state index contributed by atoms with van der Waals surface area (Å²) in [5, 5.41) is 12.5. The third kappa shape index (κ3) is 4.84. The van der Waals surface area contributed by atoms with Gasteiger partial charge in [-0.15, -0.1) is 0 Å². The van der Waals surface area contributed by atoms with Crippen LogP contribution in [0.1, 0.15) is 41.0 Å². The molecular formula is C10H19NO3. The maximum Gasteiger partial charge on any atom is 0.350 e. The predicted octanol–water partition coefficient (Wildman–Crippen LogP) is 2.29. The van der Waals surface area contributed by atoms with Crippen molar-refractivity contribution in [1.82, 2.24) is 0 Å². The molecule has 0 spiro atoms. The Hall–Kier alpha value is -1.06. The summed E-state index contributed by atoms with van der Waals surface area (Å²) in [7, 11) is 0. The summed E-state index contributed by atoms with van der Waals surface area (Å²) in [4.78, 5) is 15.6. The summed E-state index contributed by atoms with van der Waals surface area (Å²) in [5.41, 5.74) is -0.438. The van der Waals surface area contributed by atoms with E-state index in [2.05, 4.69) is 19.0 Å². The summed E-state index contributed by atoms with van der Waals surface area (Å²) in [6.07, 6.45) is 0.815. The third-order valence-electron chi connectivity index (χ3n) is 1.65. The van der Waals surface area contributed by atoms with Gasteiger partial charge in [0.15, 0.2) is 0 Å². The van der Waals surface area contributed by atoms with Gasteiger partial charge in [-0.2, -0.15) is 0 Å². The fourth-order valence-electron chi connectivity index (χ4n) is 0.859. The van der Waals surface area contributed by atoms with Crippen molar-refractivity contribution in [3.8, 4) is 0 Å². The van der Waals surface area contributed by atoms with Crippen molar-refractivity contribution in [2.75, 3.05) is 0 Å². The Morgan fingerprint density at radius 1 is 1.50 bits per heavy atom. The molecule has 0 aromatic carbocycles. The van der Waals surface area contributed by atoms with Crippen LogP contribution in [0.15, 0.2) is 5.16 Å². The number of aliphatic carboxylic acids is 1. The lowest BCUT2D eigenvalue weighted by atomic mass is 10.1. The average molecular weight is 201 g/mol. The normalized spacial score (nSPS) is 13.1. The van der Waals surface area contributed by atoms with E-state index in [-0.39, 0.29) is 0 Å². The van der Waals surface area contributed by atoms with Gasteiger partial charge in [-0.3, -0.25) is 0 Å². The van der Waals surface area contributed by atoms with Gasteiger partial charge in [0, 0.05) is 0 Å². The van der Waals surface area contributed by atoms with Crippen LogP contribution >= 0.6 is 0 Å².